The van der Waals surface area contributed by atoms with Crippen molar-refractivity contribution in [1.82, 2.24) is 5.32 Å². The Balaban J connectivity index is 1.92. The highest BCUT2D eigenvalue weighted by Crippen LogP contribution is 2.18. The van der Waals surface area contributed by atoms with E-state index >= 15 is 0 Å². The molecule has 1 aromatic carbocycles. The van der Waals surface area contributed by atoms with Gasteiger partial charge in [0, 0.05) is 23.0 Å². The van der Waals surface area contributed by atoms with Gasteiger partial charge < -0.3 is 5.32 Å². The molecule has 1 aromatic heterocycles. The van der Waals surface area contributed by atoms with Gasteiger partial charge in [-0.25, -0.2) is 0 Å². The molecular weight excluding hydrogens is 238 g/mol. The molecule has 2 aromatic rings. The summed E-state index contributed by atoms with van der Waals surface area (Å²) in [4.78, 5) is 1.36. The molecule has 1 heterocycles. The number of halogens is 1. The minimum Gasteiger partial charge on any atom is -0.308 e. The number of benzene rings is 1. The molecule has 0 aliphatic rings. The SMILES string of the molecule is Cc1c(Cl)cccc1CNCc1cccs1. The summed E-state index contributed by atoms with van der Waals surface area (Å²) in [5.74, 6) is 0. The third kappa shape index (κ3) is 2.85. The van der Waals surface area contributed by atoms with Gasteiger partial charge in [-0.2, -0.15) is 0 Å². The minimum absolute atomic E-state index is 0.843. The summed E-state index contributed by atoms with van der Waals surface area (Å²) in [5.41, 5.74) is 2.44. The van der Waals surface area contributed by atoms with Crippen molar-refractivity contribution < 1.29 is 0 Å². The van der Waals surface area contributed by atoms with Crippen LogP contribution >= 0.6 is 22.9 Å². The molecule has 0 fully saturated rings. The Kier molecular flexibility index (Phi) is 3.99. The number of hydrogen-bond acceptors (Lipinski definition) is 2. The highest BCUT2D eigenvalue weighted by molar-refractivity contribution is 7.09. The van der Waals surface area contributed by atoms with Crippen LogP contribution in [-0.4, -0.2) is 0 Å². The van der Waals surface area contributed by atoms with Crippen molar-refractivity contribution in [2.45, 2.75) is 20.0 Å². The van der Waals surface area contributed by atoms with Crippen molar-refractivity contribution in [1.29, 1.82) is 0 Å². The van der Waals surface area contributed by atoms with Gasteiger partial charge in [-0.1, -0.05) is 29.8 Å². The first-order valence-electron chi connectivity index (χ1n) is 5.24. The van der Waals surface area contributed by atoms with Gasteiger partial charge in [0.25, 0.3) is 0 Å². The van der Waals surface area contributed by atoms with Crippen LogP contribution in [0.2, 0.25) is 5.02 Å². The Morgan fingerprint density at radius 1 is 1.19 bits per heavy atom. The van der Waals surface area contributed by atoms with E-state index in [-0.39, 0.29) is 0 Å². The van der Waals surface area contributed by atoms with Crippen molar-refractivity contribution in [3.63, 3.8) is 0 Å². The van der Waals surface area contributed by atoms with Gasteiger partial charge in [-0.15, -0.1) is 11.3 Å². The smallest absolute Gasteiger partial charge is 0.0438 e. The van der Waals surface area contributed by atoms with E-state index in [1.54, 1.807) is 11.3 Å². The molecule has 0 aliphatic carbocycles. The Morgan fingerprint density at radius 3 is 2.81 bits per heavy atom. The van der Waals surface area contributed by atoms with E-state index in [9.17, 15) is 0 Å². The Labute approximate surface area is 105 Å². The average Bonchev–Trinajstić information content (AvgIpc) is 2.77. The fourth-order valence-electron chi connectivity index (χ4n) is 1.58. The number of nitrogens with one attached hydrogen (secondary N) is 1. The highest BCUT2D eigenvalue weighted by Gasteiger charge is 2.01. The molecule has 0 bridgehead atoms. The lowest BCUT2D eigenvalue weighted by Crippen LogP contribution is -2.12. The molecule has 2 rings (SSSR count). The van der Waals surface area contributed by atoms with Crippen LogP contribution in [0.3, 0.4) is 0 Å². The molecule has 0 saturated carbocycles. The van der Waals surface area contributed by atoms with Crippen molar-refractivity contribution in [3.8, 4) is 0 Å². The molecule has 1 N–H and O–H groups in total. The predicted molar refractivity (Wildman–Crippen MR) is 71.1 cm³/mol. The summed E-state index contributed by atoms with van der Waals surface area (Å²) in [5, 5.41) is 6.37. The zero-order valence-electron chi connectivity index (χ0n) is 9.16. The third-order valence-electron chi connectivity index (χ3n) is 2.57. The lowest BCUT2D eigenvalue weighted by Gasteiger charge is -2.08. The van der Waals surface area contributed by atoms with Crippen LogP contribution in [0.1, 0.15) is 16.0 Å². The van der Waals surface area contributed by atoms with E-state index in [0.717, 1.165) is 18.1 Å². The van der Waals surface area contributed by atoms with Crippen LogP contribution in [0.5, 0.6) is 0 Å². The monoisotopic (exact) mass is 251 g/mol. The van der Waals surface area contributed by atoms with Gasteiger partial charge in [0.05, 0.1) is 0 Å². The molecule has 16 heavy (non-hydrogen) atoms. The maximum Gasteiger partial charge on any atom is 0.0438 e. The zero-order valence-corrected chi connectivity index (χ0v) is 10.7. The maximum absolute atomic E-state index is 6.07. The van der Waals surface area contributed by atoms with E-state index < -0.39 is 0 Å². The zero-order chi connectivity index (χ0) is 11.4. The Morgan fingerprint density at radius 2 is 2.06 bits per heavy atom. The molecular formula is C13H14ClNS. The topological polar surface area (TPSA) is 12.0 Å². The molecule has 1 nitrogen and oxygen atoms in total. The summed E-state index contributed by atoms with van der Waals surface area (Å²) >= 11 is 7.84. The lowest BCUT2D eigenvalue weighted by atomic mass is 10.1. The van der Waals surface area contributed by atoms with E-state index in [0.29, 0.717) is 0 Å². The largest absolute Gasteiger partial charge is 0.308 e. The van der Waals surface area contributed by atoms with Crippen molar-refractivity contribution in [3.05, 3.63) is 56.7 Å². The molecule has 0 amide bonds. The molecule has 84 valence electrons. The summed E-state index contributed by atoms with van der Waals surface area (Å²) in [6, 6.07) is 10.3. The molecule has 0 saturated heterocycles. The van der Waals surface area contributed by atoms with E-state index in [4.69, 9.17) is 11.6 Å². The average molecular weight is 252 g/mol. The quantitative estimate of drug-likeness (QED) is 0.866. The Bertz CT molecular complexity index is 451. The summed E-state index contributed by atoms with van der Waals surface area (Å²) in [6.07, 6.45) is 0. The highest BCUT2D eigenvalue weighted by atomic mass is 35.5. The van der Waals surface area contributed by atoms with Gasteiger partial charge >= 0.3 is 0 Å². The minimum atomic E-state index is 0.843. The fourth-order valence-corrected chi connectivity index (χ4v) is 2.45. The number of hydrogen-bond donors (Lipinski definition) is 1. The van der Waals surface area contributed by atoms with Crippen LogP contribution < -0.4 is 5.32 Å². The Hall–Kier alpha value is -0.830. The van der Waals surface area contributed by atoms with Gasteiger partial charge in [0.1, 0.15) is 0 Å². The van der Waals surface area contributed by atoms with Gasteiger partial charge in [0.2, 0.25) is 0 Å². The number of rotatable bonds is 4. The van der Waals surface area contributed by atoms with Gasteiger partial charge in [0.15, 0.2) is 0 Å². The summed E-state index contributed by atoms with van der Waals surface area (Å²) < 4.78 is 0. The van der Waals surface area contributed by atoms with E-state index in [2.05, 4.69) is 35.8 Å². The lowest BCUT2D eigenvalue weighted by molar-refractivity contribution is 0.698. The summed E-state index contributed by atoms with van der Waals surface area (Å²) in [7, 11) is 0. The predicted octanol–water partition coefficient (Wildman–Crippen LogP) is 4.00. The molecule has 0 spiro atoms. The fraction of sp³-hybridized carbons (Fsp3) is 0.231. The van der Waals surface area contributed by atoms with Crippen molar-refractivity contribution >= 4 is 22.9 Å². The first-order chi connectivity index (χ1) is 7.77. The van der Waals surface area contributed by atoms with Gasteiger partial charge in [-0.05, 0) is 35.6 Å². The molecule has 0 atom stereocenters. The standard InChI is InChI=1S/C13H14ClNS/c1-10-11(4-2-6-13(10)14)8-15-9-12-5-3-7-16-12/h2-7,15H,8-9H2,1H3. The number of thiophene rings is 1. The first kappa shape index (κ1) is 11.6. The third-order valence-corrected chi connectivity index (χ3v) is 3.86. The first-order valence-corrected chi connectivity index (χ1v) is 6.50. The second-order valence-corrected chi connectivity index (χ2v) is 5.15. The second kappa shape index (κ2) is 5.48. The van der Waals surface area contributed by atoms with E-state index in [1.807, 2.05) is 12.1 Å². The maximum atomic E-state index is 6.07. The van der Waals surface area contributed by atoms with E-state index in [1.165, 1.54) is 16.0 Å². The normalized spacial score (nSPS) is 10.6. The molecule has 0 aliphatic heterocycles. The van der Waals surface area contributed by atoms with Crippen molar-refractivity contribution in [2.24, 2.45) is 0 Å². The van der Waals surface area contributed by atoms with Crippen molar-refractivity contribution in [2.75, 3.05) is 0 Å². The van der Waals surface area contributed by atoms with Crippen LogP contribution in [-0.2, 0) is 13.1 Å². The molecule has 3 heteroatoms. The van der Waals surface area contributed by atoms with Crippen LogP contribution in [0.25, 0.3) is 0 Å². The molecule has 0 radical (unpaired) electrons. The van der Waals surface area contributed by atoms with Crippen LogP contribution in [0.15, 0.2) is 35.7 Å². The summed E-state index contributed by atoms with van der Waals surface area (Å²) in [6.45, 7) is 3.85. The molecule has 0 unspecified atom stereocenters. The second-order valence-electron chi connectivity index (χ2n) is 3.71. The van der Waals surface area contributed by atoms with Gasteiger partial charge in [-0.3, -0.25) is 0 Å². The van der Waals surface area contributed by atoms with Crippen LogP contribution in [0.4, 0.5) is 0 Å². The van der Waals surface area contributed by atoms with Crippen LogP contribution in [0, 0.1) is 6.92 Å².